The van der Waals surface area contributed by atoms with Crippen molar-refractivity contribution in [3.05, 3.63) is 35.4 Å². The van der Waals surface area contributed by atoms with Gasteiger partial charge in [0, 0.05) is 12.0 Å². The molecule has 0 heterocycles. The summed E-state index contributed by atoms with van der Waals surface area (Å²) >= 11 is 0. The summed E-state index contributed by atoms with van der Waals surface area (Å²) in [5.41, 5.74) is 1.76. The van der Waals surface area contributed by atoms with E-state index >= 15 is 0 Å². The van der Waals surface area contributed by atoms with Gasteiger partial charge in [0.1, 0.15) is 0 Å². The lowest BCUT2D eigenvalue weighted by molar-refractivity contribution is 0.0994. The molecule has 0 fully saturated rings. The third-order valence-corrected chi connectivity index (χ3v) is 2.28. The smallest absolute Gasteiger partial charge is 0.423 e. The van der Waals surface area contributed by atoms with E-state index in [-0.39, 0.29) is 5.78 Å². The van der Waals surface area contributed by atoms with E-state index in [1.165, 1.54) is 6.07 Å². The molecule has 0 spiro atoms. The van der Waals surface area contributed by atoms with Crippen molar-refractivity contribution in [1.29, 1.82) is 0 Å². The standard InChI is InChI=1S/C10H9BO3/c12-10-3-1-2-7-4-5-8(11(13)14)6-9(7)10/h1-2,4-6,13-14H,3H2. The topological polar surface area (TPSA) is 57.5 Å². The van der Waals surface area contributed by atoms with Gasteiger partial charge in [-0.2, -0.15) is 0 Å². The molecule has 1 aromatic carbocycles. The van der Waals surface area contributed by atoms with Crippen LogP contribution in [0.3, 0.4) is 0 Å². The number of ketones is 1. The highest BCUT2D eigenvalue weighted by atomic mass is 16.4. The minimum absolute atomic E-state index is 0.0185. The van der Waals surface area contributed by atoms with Crippen LogP contribution in [0.1, 0.15) is 22.3 Å². The van der Waals surface area contributed by atoms with Crippen LogP contribution in [0.2, 0.25) is 0 Å². The minimum atomic E-state index is -1.51. The van der Waals surface area contributed by atoms with Gasteiger partial charge in [-0.1, -0.05) is 30.4 Å². The van der Waals surface area contributed by atoms with Gasteiger partial charge in [-0.15, -0.1) is 0 Å². The van der Waals surface area contributed by atoms with Crippen LogP contribution in [-0.2, 0) is 0 Å². The monoisotopic (exact) mass is 188 g/mol. The first-order chi connectivity index (χ1) is 6.68. The van der Waals surface area contributed by atoms with Crippen molar-refractivity contribution >= 4 is 24.4 Å². The van der Waals surface area contributed by atoms with Gasteiger partial charge in [0.25, 0.3) is 0 Å². The predicted molar refractivity (Wildman–Crippen MR) is 54.2 cm³/mol. The minimum Gasteiger partial charge on any atom is -0.423 e. The molecule has 4 heteroatoms. The first-order valence-corrected chi connectivity index (χ1v) is 4.38. The highest BCUT2D eigenvalue weighted by Gasteiger charge is 2.17. The molecule has 0 amide bonds. The van der Waals surface area contributed by atoms with E-state index in [1.54, 1.807) is 18.2 Å². The van der Waals surface area contributed by atoms with E-state index in [2.05, 4.69) is 0 Å². The Morgan fingerprint density at radius 3 is 2.79 bits per heavy atom. The molecule has 2 N–H and O–H groups in total. The Morgan fingerprint density at radius 2 is 2.07 bits per heavy atom. The van der Waals surface area contributed by atoms with Crippen molar-refractivity contribution in [3.63, 3.8) is 0 Å². The van der Waals surface area contributed by atoms with E-state index in [0.717, 1.165) is 5.56 Å². The fourth-order valence-corrected chi connectivity index (χ4v) is 1.52. The van der Waals surface area contributed by atoms with Crippen molar-refractivity contribution in [2.24, 2.45) is 0 Å². The molecule has 0 saturated heterocycles. The van der Waals surface area contributed by atoms with Crippen molar-refractivity contribution in [2.75, 3.05) is 0 Å². The Labute approximate surface area is 81.8 Å². The van der Waals surface area contributed by atoms with Crippen LogP contribution in [-0.4, -0.2) is 22.9 Å². The van der Waals surface area contributed by atoms with Gasteiger partial charge >= 0.3 is 7.12 Å². The van der Waals surface area contributed by atoms with Gasteiger partial charge in [0.05, 0.1) is 0 Å². The Morgan fingerprint density at radius 1 is 1.29 bits per heavy atom. The number of rotatable bonds is 1. The average Bonchev–Trinajstić information content (AvgIpc) is 2.18. The van der Waals surface area contributed by atoms with Gasteiger partial charge in [0.15, 0.2) is 5.78 Å². The summed E-state index contributed by atoms with van der Waals surface area (Å²) in [7, 11) is -1.51. The number of carbonyl (C=O) groups is 1. The molecule has 0 aromatic heterocycles. The summed E-state index contributed by atoms with van der Waals surface area (Å²) in [6.07, 6.45) is 4.06. The number of allylic oxidation sites excluding steroid dienone is 1. The normalized spacial score (nSPS) is 14.0. The van der Waals surface area contributed by atoms with Crippen LogP contribution in [0, 0.1) is 0 Å². The summed E-state index contributed by atoms with van der Waals surface area (Å²) in [6, 6.07) is 4.86. The summed E-state index contributed by atoms with van der Waals surface area (Å²) in [5.74, 6) is 0.0185. The maximum absolute atomic E-state index is 11.4. The maximum atomic E-state index is 11.4. The zero-order valence-corrected chi connectivity index (χ0v) is 7.47. The molecule has 3 nitrogen and oxygen atoms in total. The first kappa shape index (κ1) is 9.18. The fourth-order valence-electron chi connectivity index (χ4n) is 1.52. The molecular weight excluding hydrogens is 179 g/mol. The highest BCUT2D eigenvalue weighted by Crippen LogP contribution is 2.17. The SMILES string of the molecule is O=C1CC=Cc2ccc(B(O)O)cc21. The number of fused-ring (bicyclic) bond motifs is 1. The molecule has 0 atom stereocenters. The van der Waals surface area contributed by atoms with Crippen molar-refractivity contribution < 1.29 is 14.8 Å². The maximum Gasteiger partial charge on any atom is 0.488 e. The van der Waals surface area contributed by atoms with Crippen LogP contribution in [0.4, 0.5) is 0 Å². The molecule has 1 aliphatic rings. The lowest BCUT2D eigenvalue weighted by Crippen LogP contribution is -2.30. The molecule has 0 aliphatic heterocycles. The van der Waals surface area contributed by atoms with Gasteiger partial charge in [-0.05, 0) is 11.0 Å². The second kappa shape index (κ2) is 3.40. The molecule has 2 rings (SSSR count). The number of hydrogen-bond acceptors (Lipinski definition) is 3. The van der Waals surface area contributed by atoms with Gasteiger partial charge in [-0.25, -0.2) is 0 Å². The number of carbonyl (C=O) groups excluding carboxylic acids is 1. The highest BCUT2D eigenvalue weighted by molar-refractivity contribution is 6.58. The van der Waals surface area contributed by atoms with Crippen molar-refractivity contribution in [3.8, 4) is 0 Å². The van der Waals surface area contributed by atoms with Crippen molar-refractivity contribution in [2.45, 2.75) is 6.42 Å². The second-order valence-corrected chi connectivity index (χ2v) is 3.25. The van der Waals surface area contributed by atoms with Gasteiger partial charge < -0.3 is 10.0 Å². The summed E-state index contributed by atoms with van der Waals surface area (Å²) < 4.78 is 0. The Kier molecular flexibility index (Phi) is 2.23. The van der Waals surface area contributed by atoms with Gasteiger partial charge in [-0.3, -0.25) is 4.79 Å². The Bertz CT molecular complexity index is 410. The third kappa shape index (κ3) is 1.50. The Balaban J connectivity index is 2.52. The molecule has 0 saturated carbocycles. The molecule has 1 aliphatic carbocycles. The van der Waals surface area contributed by atoms with Crippen LogP contribution < -0.4 is 5.46 Å². The molecule has 0 bridgehead atoms. The van der Waals surface area contributed by atoms with Crippen LogP contribution in [0.5, 0.6) is 0 Å². The predicted octanol–water partition coefficient (Wildman–Crippen LogP) is -0.0340. The zero-order chi connectivity index (χ0) is 10.1. The molecule has 0 radical (unpaired) electrons. The fraction of sp³-hybridized carbons (Fsp3) is 0.100. The molecule has 1 aromatic rings. The number of Topliss-reactive ketones (excluding diaryl/α,β-unsaturated/α-hetero) is 1. The lowest BCUT2D eigenvalue weighted by atomic mass is 9.77. The summed E-state index contributed by atoms with van der Waals surface area (Å²) in [5, 5.41) is 17.9. The summed E-state index contributed by atoms with van der Waals surface area (Å²) in [6.45, 7) is 0. The molecule has 14 heavy (non-hydrogen) atoms. The Hall–Kier alpha value is -1.39. The van der Waals surface area contributed by atoms with Crippen LogP contribution in [0.25, 0.3) is 6.08 Å². The van der Waals surface area contributed by atoms with E-state index in [1.807, 2.05) is 6.08 Å². The van der Waals surface area contributed by atoms with Gasteiger partial charge in [0.2, 0.25) is 0 Å². The zero-order valence-electron chi connectivity index (χ0n) is 7.47. The lowest BCUT2D eigenvalue weighted by Gasteiger charge is -2.10. The van der Waals surface area contributed by atoms with E-state index in [4.69, 9.17) is 10.0 Å². The van der Waals surface area contributed by atoms with E-state index in [9.17, 15) is 4.79 Å². The quantitative estimate of drug-likeness (QED) is 0.608. The molecule has 0 unspecified atom stereocenters. The number of benzene rings is 1. The molecule has 70 valence electrons. The van der Waals surface area contributed by atoms with Crippen molar-refractivity contribution in [1.82, 2.24) is 0 Å². The largest absolute Gasteiger partial charge is 0.488 e. The van der Waals surface area contributed by atoms with Crippen LogP contribution >= 0.6 is 0 Å². The first-order valence-electron chi connectivity index (χ1n) is 4.38. The second-order valence-electron chi connectivity index (χ2n) is 3.25. The average molecular weight is 188 g/mol. The third-order valence-electron chi connectivity index (χ3n) is 2.28. The summed E-state index contributed by atoms with van der Waals surface area (Å²) in [4.78, 5) is 11.4. The van der Waals surface area contributed by atoms with E-state index in [0.29, 0.717) is 17.4 Å². The van der Waals surface area contributed by atoms with Crippen LogP contribution in [0.15, 0.2) is 24.3 Å². The molecular formula is C10H9BO3. The van der Waals surface area contributed by atoms with E-state index < -0.39 is 7.12 Å². The number of hydrogen-bond donors (Lipinski definition) is 2.